The van der Waals surface area contributed by atoms with E-state index in [0.29, 0.717) is 10.4 Å². The van der Waals surface area contributed by atoms with E-state index in [0.717, 1.165) is 17.2 Å². The van der Waals surface area contributed by atoms with Gasteiger partial charge in [0.15, 0.2) is 0 Å². The Labute approximate surface area is 131 Å². The smallest absolute Gasteiger partial charge is 0.265 e. The molecule has 0 aliphatic rings. The molecule has 0 saturated heterocycles. The van der Waals surface area contributed by atoms with Gasteiger partial charge in [0, 0.05) is 22.0 Å². The minimum absolute atomic E-state index is 0.0872. The van der Waals surface area contributed by atoms with Crippen LogP contribution in [0.2, 0.25) is 0 Å². The van der Waals surface area contributed by atoms with Crippen molar-refractivity contribution in [1.29, 1.82) is 0 Å². The van der Waals surface area contributed by atoms with Crippen LogP contribution in [0, 0.1) is 19.7 Å². The van der Waals surface area contributed by atoms with Crippen LogP contribution in [-0.2, 0) is 14.8 Å². The number of thiophene rings is 1. The van der Waals surface area contributed by atoms with E-state index in [1.165, 1.54) is 35.7 Å². The number of aryl methyl sites for hydroxylation is 2. The van der Waals surface area contributed by atoms with Gasteiger partial charge in [-0.1, -0.05) is 0 Å². The molecular weight excluding hydrogens is 327 g/mol. The van der Waals surface area contributed by atoms with Crippen molar-refractivity contribution < 1.29 is 17.6 Å². The molecule has 0 atom stereocenters. The Morgan fingerprint density at radius 2 is 2.05 bits per heavy atom. The Morgan fingerprint density at radius 1 is 1.32 bits per heavy atom. The molecule has 116 valence electrons. The van der Waals surface area contributed by atoms with Crippen molar-refractivity contribution in [2.24, 2.45) is 0 Å². The summed E-state index contributed by atoms with van der Waals surface area (Å²) < 4.78 is 39.1. The van der Waals surface area contributed by atoms with Gasteiger partial charge in [0.05, 0.1) is 6.20 Å². The van der Waals surface area contributed by atoms with Crippen LogP contribution in [0.4, 0.5) is 4.39 Å². The highest BCUT2D eigenvalue weighted by molar-refractivity contribution is 7.90. The third kappa shape index (κ3) is 3.99. The quantitative estimate of drug-likeness (QED) is 0.867. The summed E-state index contributed by atoms with van der Waals surface area (Å²) in [5, 5.41) is 0. The molecule has 0 spiro atoms. The Kier molecular flexibility index (Phi) is 4.72. The summed E-state index contributed by atoms with van der Waals surface area (Å²) in [6.45, 7) is 3.46. The lowest BCUT2D eigenvalue weighted by Crippen LogP contribution is -2.29. The number of pyridine rings is 1. The highest BCUT2D eigenvalue weighted by Gasteiger charge is 2.20. The van der Waals surface area contributed by atoms with Crippen LogP contribution >= 0.6 is 11.3 Å². The summed E-state index contributed by atoms with van der Waals surface area (Å²) in [6, 6.07) is 2.69. The highest BCUT2D eigenvalue weighted by atomic mass is 32.2. The number of carbonyl (C=O) groups excluding carboxylic acids is 1. The van der Waals surface area contributed by atoms with Gasteiger partial charge < -0.3 is 0 Å². The maximum atomic E-state index is 12.9. The van der Waals surface area contributed by atoms with E-state index < -0.39 is 21.7 Å². The first kappa shape index (κ1) is 16.3. The van der Waals surface area contributed by atoms with Crippen molar-refractivity contribution in [3.63, 3.8) is 0 Å². The number of nitrogens with one attached hydrogen (secondary N) is 1. The number of amides is 1. The van der Waals surface area contributed by atoms with Gasteiger partial charge in [-0.2, -0.15) is 0 Å². The lowest BCUT2D eigenvalue weighted by Gasteiger charge is -2.03. The van der Waals surface area contributed by atoms with E-state index in [1.807, 2.05) is 4.72 Å². The monoisotopic (exact) mass is 340 g/mol. The van der Waals surface area contributed by atoms with Gasteiger partial charge in [0.25, 0.3) is 15.9 Å². The number of aromatic nitrogens is 1. The molecule has 0 aliphatic heterocycles. The molecule has 0 bridgehead atoms. The lowest BCUT2D eigenvalue weighted by atomic mass is 10.2. The van der Waals surface area contributed by atoms with Gasteiger partial charge in [-0.25, -0.2) is 17.5 Å². The van der Waals surface area contributed by atoms with Crippen molar-refractivity contribution in [3.8, 4) is 0 Å². The fraction of sp³-hybridized carbons (Fsp3) is 0.143. The summed E-state index contributed by atoms with van der Waals surface area (Å²) in [6.07, 6.45) is 4.69. The third-order valence-corrected chi connectivity index (χ3v) is 5.24. The second-order valence-electron chi connectivity index (χ2n) is 4.52. The standard InChI is InChI=1S/C14H13FN2O3S2/c1-9-5-13(10(2)21-9)22(19,20)17-14(18)4-3-11-6-12(15)8-16-7-11/h3-8H,1-2H3,(H,17,18)/b4-3+. The number of nitrogens with zero attached hydrogens (tertiary/aromatic N) is 1. The molecule has 1 N–H and O–H groups in total. The predicted octanol–water partition coefficient (Wildman–Crippen LogP) is 2.42. The largest absolute Gasteiger partial charge is 0.269 e. The normalized spacial score (nSPS) is 11.8. The molecule has 8 heteroatoms. The Balaban J connectivity index is 2.13. The molecule has 0 radical (unpaired) electrons. The highest BCUT2D eigenvalue weighted by Crippen LogP contribution is 2.24. The second kappa shape index (κ2) is 6.37. The van der Waals surface area contributed by atoms with E-state index in [-0.39, 0.29) is 4.90 Å². The molecule has 5 nitrogen and oxygen atoms in total. The number of sulfonamides is 1. The van der Waals surface area contributed by atoms with Gasteiger partial charge in [0.2, 0.25) is 0 Å². The van der Waals surface area contributed by atoms with Crippen molar-refractivity contribution in [1.82, 2.24) is 9.71 Å². The summed E-state index contributed by atoms with van der Waals surface area (Å²) >= 11 is 1.34. The van der Waals surface area contributed by atoms with Crippen LogP contribution in [0.25, 0.3) is 6.08 Å². The maximum absolute atomic E-state index is 12.9. The first-order valence-corrected chi connectivity index (χ1v) is 8.50. The van der Waals surface area contributed by atoms with Crippen LogP contribution in [0.15, 0.2) is 35.5 Å². The number of hydrogen-bond acceptors (Lipinski definition) is 5. The van der Waals surface area contributed by atoms with E-state index in [1.54, 1.807) is 13.8 Å². The fourth-order valence-electron chi connectivity index (χ4n) is 1.79. The zero-order valence-electron chi connectivity index (χ0n) is 11.8. The molecule has 2 aromatic rings. The van der Waals surface area contributed by atoms with Crippen molar-refractivity contribution >= 4 is 33.3 Å². The molecule has 0 aromatic carbocycles. The zero-order chi connectivity index (χ0) is 16.3. The average Bonchev–Trinajstić information content (AvgIpc) is 2.76. The number of hydrogen-bond donors (Lipinski definition) is 1. The van der Waals surface area contributed by atoms with E-state index >= 15 is 0 Å². The minimum atomic E-state index is -3.91. The molecule has 2 heterocycles. The minimum Gasteiger partial charge on any atom is -0.269 e. The average molecular weight is 340 g/mol. The number of carbonyl (C=O) groups is 1. The molecule has 0 fully saturated rings. The first-order chi connectivity index (χ1) is 10.3. The maximum Gasteiger partial charge on any atom is 0.265 e. The molecule has 2 aromatic heterocycles. The topological polar surface area (TPSA) is 76.1 Å². The summed E-state index contributed by atoms with van der Waals surface area (Å²) in [4.78, 5) is 16.9. The van der Waals surface area contributed by atoms with Gasteiger partial charge in [0.1, 0.15) is 10.7 Å². The summed E-state index contributed by atoms with van der Waals surface area (Å²) in [7, 11) is -3.91. The Hall–Kier alpha value is -2.06. The molecular formula is C14H13FN2O3S2. The van der Waals surface area contributed by atoms with Crippen LogP contribution in [0.3, 0.4) is 0 Å². The first-order valence-electron chi connectivity index (χ1n) is 6.20. The van der Waals surface area contributed by atoms with Crippen molar-refractivity contribution in [2.45, 2.75) is 18.7 Å². The van der Waals surface area contributed by atoms with Crippen molar-refractivity contribution in [3.05, 3.63) is 51.7 Å². The van der Waals surface area contributed by atoms with E-state index in [9.17, 15) is 17.6 Å². The SMILES string of the molecule is Cc1cc(S(=O)(=O)NC(=O)/C=C/c2cncc(F)c2)c(C)s1. The van der Waals surface area contributed by atoms with Crippen LogP contribution < -0.4 is 4.72 Å². The lowest BCUT2D eigenvalue weighted by molar-refractivity contribution is -0.114. The predicted molar refractivity (Wildman–Crippen MR) is 82.4 cm³/mol. The molecule has 0 unspecified atom stereocenters. The second-order valence-corrected chi connectivity index (χ2v) is 7.63. The molecule has 2 rings (SSSR count). The van der Waals surface area contributed by atoms with Crippen LogP contribution in [-0.4, -0.2) is 19.3 Å². The third-order valence-electron chi connectivity index (χ3n) is 2.67. The Bertz CT molecular complexity index is 842. The van der Waals surface area contributed by atoms with E-state index in [4.69, 9.17) is 0 Å². The molecule has 1 amide bonds. The summed E-state index contributed by atoms with van der Waals surface area (Å²) in [5.74, 6) is -1.35. The van der Waals surface area contributed by atoms with Crippen molar-refractivity contribution in [2.75, 3.05) is 0 Å². The number of rotatable bonds is 4. The molecule has 22 heavy (non-hydrogen) atoms. The Morgan fingerprint density at radius 3 is 2.64 bits per heavy atom. The number of halogens is 1. The van der Waals surface area contributed by atoms with Gasteiger partial charge in [-0.3, -0.25) is 9.78 Å². The van der Waals surface area contributed by atoms with Gasteiger partial charge in [-0.15, -0.1) is 11.3 Å². The van der Waals surface area contributed by atoms with Crippen LogP contribution in [0.1, 0.15) is 15.3 Å². The van der Waals surface area contributed by atoms with Gasteiger partial charge in [-0.05, 0) is 37.6 Å². The van der Waals surface area contributed by atoms with Crippen LogP contribution in [0.5, 0.6) is 0 Å². The fourth-order valence-corrected chi connectivity index (χ4v) is 4.29. The molecule has 0 aliphatic carbocycles. The molecule has 0 saturated carbocycles. The van der Waals surface area contributed by atoms with E-state index in [2.05, 4.69) is 4.98 Å². The van der Waals surface area contributed by atoms with Gasteiger partial charge >= 0.3 is 0 Å². The summed E-state index contributed by atoms with van der Waals surface area (Å²) in [5.41, 5.74) is 0.357. The zero-order valence-corrected chi connectivity index (χ0v) is 13.5.